The Morgan fingerprint density at radius 3 is 1.32 bits per heavy atom. The number of nitrogens with one attached hydrogen (secondary N) is 1. The minimum Gasteiger partial charge on any atom is -0.463 e. The molecule has 12 N–H and O–H groups in total. The molecular weight excluding hydrogens is 1000 g/mol. The molecule has 0 unspecified atom stereocenters. The first-order valence-electron chi connectivity index (χ1n) is 30.0. The van der Waals surface area contributed by atoms with Crippen molar-refractivity contribution in [3.63, 3.8) is 0 Å². The molecule has 0 bridgehead atoms. The van der Waals surface area contributed by atoms with Crippen molar-refractivity contribution in [2.75, 3.05) is 59.5 Å². The van der Waals surface area contributed by atoms with E-state index in [0.29, 0.717) is 12.8 Å². The monoisotopic (exact) mass is 1110 g/mol. The van der Waals surface area contributed by atoms with Crippen LogP contribution >= 0.6 is 0 Å². The van der Waals surface area contributed by atoms with Crippen LogP contribution in [0.5, 0.6) is 0 Å². The Kier molecular flexibility index (Phi) is 38.8. The van der Waals surface area contributed by atoms with Crippen LogP contribution in [0.2, 0.25) is 0 Å². The molecule has 0 aromatic carbocycles. The lowest BCUT2D eigenvalue weighted by atomic mass is 9.94. The molecule has 3 aliphatic rings. The van der Waals surface area contributed by atoms with E-state index >= 15 is 0 Å². The maximum absolute atomic E-state index is 13.2. The second-order valence-corrected chi connectivity index (χ2v) is 21.4. The van der Waals surface area contributed by atoms with Gasteiger partial charge in [-0.15, -0.1) is 0 Å². The zero-order valence-corrected chi connectivity index (χ0v) is 47.1. The van der Waals surface area contributed by atoms with E-state index in [4.69, 9.17) is 54.1 Å². The van der Waals surface area contributed by atoms with Gasteiger partial charge in [0.15, 0.2) is 18.9 Å². The minimum atomic E-state index is -1.67. The van der Waals surface area contributed by atoms with E-state index in [0.717, 1.165) is 44.9 Å². The smallest absolute Gasteiger partial charge is 0.305 e. The van der Waals surface area contributed by atoms with Gasteiger partial charge in [-0.1, -0.05) is 168 Å². The fourth-order valence-corrected chi connectivity index (χ4v) is 10.1. The van der Waals surface area contributed by atoms with E-state index < -0.39 is 97.8 Å². The highest BCUT2D eigenvalue weighted by Gasteiger charge is 2.53. The molecule has 15 atom stereocenters. The third-order valence-electron chi connectivity index (χ3n) is 14.9. The lowest BCUT2D eigenvalue weighted by Gasteiger charge is -2.49. The molecule has 1 amide bonds. The number of unbranched alkanes of at least 4 members (excludes halogenated alkanes) is 24. The van der Waals surface area contributed by atoms with Gasteiger partial charge >= 0.3 is 5.97 Å². The first kappa shape index (κ1) is 69.5. The van der Waals surface area contributed by atoms with Gasteiger partial charge in [-0.2, -0.15) is 0 Å². The number of carbonyl (C=O) groups is 2. The average molecular weight is 1110 g/mol. The van der Waals surface area contributed by atoms with Gasteiger partial charge in [0.2, 0.25) is 5.91 Å². The van der Waals surface area contributed by atoms with Gasteiger partial charge in [-0.05, 0) is 12.8 Å². The van der Waals surface area contributed by atoms with E-state index in [1.807, 2.05) is 0 Å². The van der Waals surface area contributed by atoms with E-state index in [1.165, 1.54) is 116 Å². The largest absolute Gasteiger partial charge is 0.463 e. The molecule has 0 radical (unpaired) electrons. The van der Waals surface area contributed by atoms with Crippen LogP contribution in [0.4, 0.5) is 0 Å². The SMILES string of the molecule is CCCCCCCCCCCCCCCC(=O)N[C@@H]1[C@@H](O)[C@H](O[C@@H]2O[C@H](COCCO)[C@@H](O[C@@H]3O[C@H](COCCOC(=O)CCCCCCCCCCCCCCC)[C@@H](O)[C@H](O)[C@H]3N)[C@H](O)[C@H]2N)[C@@H](COCCO)O[C@H]1O. The maximum atomic E-state index is 13.2. The van der Waals surface area contributed by atoms with Crippen LogP contribution in [-0.4, -0.2) is 199 Å². The van der Waals surface area contributed by atoms with Gasteiger partial charge in [0, 0.05) is 12.8 Å². The normalized spacial score (nSPS) is 29.7. The van der Waals surface area contributed by atoms with Crippen LogP contribution in [-0.2, 0) is 52.2 Å². The third kappa shape index (κ3) is 27.7. The molecule has 0 aromatic heterocycles. The van der Waals surface area contributed by atoms with E-state index in [1.54, 1.807) is 0 Å². The summed E-state index contributed by atoms with van der Waals surface area (Å²) < 4.78 is 52.6. The molecule has 0 aliphatic carbocycles. The summed E-state index contributed by atoms with van der Waals surface area (Å²) in [6.07, 6.45) is 13.9. The van der Waals surface area contributed by atoms with Gasteiger partial charge in [0.05, 0.1) is 64.9 Å². The van der Waals surface area contributed by atoms with Gasteiger partial charge in [0.1, 0.15) is 67.6 Å². The number of nitrogens with two attached hydrogens (primary N) is 2. The predicted molar refractivity (Wildman–Crippen MR) is 288 cm³/mol. The molecule has 454 valence electrons. The molecule has 0 aromatic rings. The number of hydrogen-bond acceptors (Lipinski definition) is 20. The summed E-state index contributed by atoms with van der Waals surface area (Å²) in [6, 6.07) is -4.08. The molecule has 0 spiro atoms. The maximum Gasteiger partial charge on any atom is 0.305 e. The number of aliphatic hydroxyl groups excluding tert-OH is 7. The van der Waals surface area contributed by atoms with Crippen LogP contribution < -0.4 is 16.8 Å². The van der Waals surface area contributed by atoms with E-state index in [9.17, 15) is 45.3 Å². The van der Waals surface area contributed by atoms with Crippen molar-refractivity contribution >= 4 is 11.9 Å². The number of esters is 1. The molecule has 21 nitrogen and oxygen atoms in total. The summed E-state index contributed by atoms with van der Waals surface area (Å²) in [6.45, 7) is 2.72. The first-order chi connectivity index (χ1) is 37.4. The summed E-state index contributed by atoms with van der Waals surface area (Å²) in [4.78, 5) is 25.5. The Bertz CT molecular complexity index is 1460. The standard InChI is InChI=1S/C56H107N3O18/c1-3-5-7-9-11-13-15-17-19-21-23-25-27-29-43(62)59-47-51(67)53(41(73-54(47)68)38-69-33-31-60)77-56-46(58)50(66)52(42(75-56)39-70-34-32-61)76-55-45(57)49(65)48(64)40(74-55)37-71-35-36-72-44(63)30-28-26-24-22-20-18-16-14-12-10-8-6-4-2/h40-42,45-56,60-61,64-68H,3-39,57-58H2,1-2H3,(H,59,62)/t40-,41-,42-,45-,46-,47-,48-,49-,50-,51-,52-,53-,54-,55+,56+/m1/s1. The highest BCUT2D eigenvalue weighted by molar-refractivity contribution is 5.76. The molecule has 3 aliphatic heterocycles. The topological polar surface area (TPSA) is 323 Å². The molecule has 0 saturated carbocycles. The Morgan fingerprint density at radius 1 is 0.455 bits per heavy atom. The molecule has 3 saturated heterocycles. The van der Waals surface area contributed by atoms with Gasteiger partial charge < -0.3 is 95.2 Å². The zero-order chi connectivity index (χ0) is 56.0. The lowest BCUT2D eigenvalue weighted by molar-refractivity contribution is -0.350. The van der Waals surface area contributed by atoms with Gasteiger partial charge in [-0.3, -0.25) is 9.59 Å². The van der Waals surface area contributed by atoms with Crippen molar-refractivity contribution in [3.05, 3.63) is 0 Å². The molecule has 21 heteroatoms. The van der Waals surface area contributed by atoms with Gasteiger partial charge in [-0.25, -0.2) is 0 Å². The van der Waals surface area contributed by atoms with Crippen molar-refractivity contribution < 1.29 is 88.0 Å². The van der Waals surface area contributed by atoms with Crippen molar-refractivity contribution in [3.8, 4) is 0 Å². The van der Waals surface area contributed by atoms with Gasteiger partial charge in [0.25, 0.3) is 0 Å². The third-order valence-corrected chi connectivity index (χ3v) is 14.9. The van der Waals surface area contributed by atoms with Crippen LogP contribution in [0.1, 0.15) is 194 Å². The van der Waals surface area contributed by atoms with Crippen LogP contribution in [0.15, 0.2) is 0 Å². The average Bonchev–Trinajstić information content (AvgIpc) is 3.43. The van der Waals surface area contributed by atoms with Crippen LogP contribution in [0.25, 0.3) is 0 Å². The summed E-state index contributed by atoms with van der Waals surface area (Å²) >= 11 is 0. The number of hydrogen-bond donors (Lipinski definition) is 10. The van der Waals surface area contributed by atoms with Crippen molar-refractivity contribution in [2.24, 2.45) is 11.5 Å². The Hall–Kier alpha value is -1.74. The summed E-state index contributed by atoms with van der Waals surface area (Å²) in [5, 5.41) is 78.0. The van der Waals surface area contributed by atoms with Crippen molar-refractivity contribution in [1.29, 1.82) is 0 Å². The van der Waals surface area contributed by atoms with Crippen LogP contribution in [0.3, 0.4) is 0 Å². The number of carbonyl (C=O) groups excluding carboxylic acids is 2. The summed E-state index contributed by atoms with van der Waals surface area (Å²) in [7, 11) is 0. The second-order valence-electron chi connectivity index (χ2n) is 21.4. The highest BCUT2D eigenvalue weighted by atomic mass is 16.7. The minimum absolute atomic E-state index is 0.0129. The number of amides is 1. The Balaban J connectivity index is 1.51. The fourth-order valence-electron chi connectivity index (χ4n) is 10.1. The first-order valence-corrected chi connectivity index (χ1v) is 30.0. The highest BCUT2D eigenvalue weighted by Crippen LogP contribution is 2.32. The fraction of sp³-hybridized carbons (Fsp3) is 0.964. The number of ether oxygens (including phenoxy) is 9. The Morgan fingerprint density at radius 2 is 0.844 bits per heavy atom. The number of aliphatic hydroxyl groups is 7. The molecule has 3 fully saturated rings. The second kappa shape index (κ2) is 43.0. The lowest BCUT2D eigenvalue weighted by Crippen LogP contribution is -2.70. The molecule has 77 heavy (non-hydrogen) atoms. The zero-order valence-electron chi connectivity index (χ0n) is 47.1. The molecular formula is C56H107N3O18. The predicted octanol–water partition coefficient (Wildman–Crippen LogP) is 4.05. The van der Waals surface area contributed by atoms with Crippen LogP contribution in [0, 0.1) is 0 Å². The Labute approximate surface area is 460 Å². The van der Waals surface area contributed by atoms with Crippen molar-refractivity contribution in [2.45, 2.75) is 286 Å². The quantitative estimate of drug-likeness (QED) is 0.0304. The summed E-state index contributed by atoms with van der Waals surface area (Å²) in [5.41, 5.74) is 12.9. The van der Waals surface area contributed by atoms with E-state index in [-0.39, 0.29) is 71.9 Å². The molecule has 3 rings (SSSR count). The molecule has 3 heterocycles. The van der Waals surface area contributed by atoms with Crippen molar-refractivity contribution in [1.82, 2.24) is 5.32 Å². The summed E-state index contributed by atoms with van der Waals surface area (Å²) in [5.74, 6) is -0.726. The van der Waals surface area contributed by atoms with E-state index in [2.05, 4.69) is 19.2 Å². The number of rotatable bonds is 46.